The summed E-state index contributed by atoms with van der Waals surface area (Å²) < 4.78 is 4.89. The van der Waals surface area contributed by atoms with Crippen LogP contribution >= 0.6 is 11.3 Å². The van der Waals surface area contributed by atoms with Crippen LogP contribution in [0.3, 0.4) is 0 Å². The van der Waals surface area contributed by atoms with Gasteiger partial charge in [0, 0.05) is 42.1 Å². The molecule has 1 aliphatic rings. The first-order valence-corrected chi connectivity index (χ1v) is 21.1. The highest BCUT2D eigenvalue weighted by atomic mass is 32.1. The van der Waals surface area contributed by atoms with E-state index in [9.17, 15) is 0 Å². The molecule has 0 amide bonds. The van der Waals surface area contributed by atoms with Crippen molar-refractivity contribution in [3.8, 4) is 73.2 Å². The normalized spacial score (nSPS) is 12.0. The van der Waals surface area contributed by atoms with Crippen molar-refractivity contribution in [2.24, 2.45) is 0 Å². The van der Waals surface area contributed by atoms with Crippen molar-refractivity contribution in [2.75, 3.05) is 0 Å². The molecule has 0 spiro atoms. The Hall–Kier alpha value is -7.73. The number of benzene rings is 9. The van der Waals surface area contributed by atoms with Crippen molar-refractivity contribution in [2.45, 2.75) is 0 Å². The second-order valence-corrected chi connectivity index (χ2v) is 16.6. The van der Waals surface area contributed by atoms with Gasteiger partial charge in [-0.25, -0.2) is 15.0 Å². The summed E-state index contributed by atoms with van der Waals surface area (Å²) in [6.45, 7) is 0. The maximum atomic E-state index is 5.46. The van der Waals surface area contributed by atoms with Gasteiger partial charge < -0.3 is 4.57 Å². The van der Waals surface area contributed by atoms with E-state index >= 15 is 0 Å². The Kier molecular flexibility index (Phi) is 7.14. The van der Waals surface area contributed by atoms with Crippen molar-refractivity contribution >= 4 is 64.1 Å². The number of hydrogen-bond donors (Lipinski definition) is 0. The molecule has 0 N–H and O–H groups in total. The van der Waals surface area contributed by atoms with Crippen LogP contribution in [-0.2, 0) is 0 Å². The summed E-state index contributed by atoms with van der Waals surface area (Å²) in [5.41, 5.74) is 13.5. The third kappa shape index (κ3) is 4.87. The highest BCUT2D eigenvalue weighted by Crippen LogP contribution is 2.51. The molecule has 3 heterocycles. The molecule has 0 saturated heterocycles. The van der Waals surface area contributed by atoms with E-state index in [1.165, 1.54) is 64.1 Å². The fourth-order valence-electron chi connectivity index (χ4n) is 9.58. The summed E-state index contributed by atoms with van der Waals surface area (Å²) in [6, 6.07) is 69.6. The van der Waals surface area contributed by atoms with Crippen LogP contribution in [0.2, 0.25) is 0 Å². The summed E-state index contributed by atoms with van der Waals surface area (Å²) in [7, 11) is 0. The van der Waals surface area contributed by atoms with E-state index < -0.39 is 0 Å². The van der Waals surface area contributed by atoms with Crippen LogP contribution in [0.1, 0.15) is 0 Å². The molecule has 0 bridgehead atoms. The van der Waals surface area contributed by atoms with E-state index in [4.69, 9.17) is 15.0 Å². The van der Waals surface area contributed by atoms with E-state index in [0.29, 0.717) is 17.5 Å². The number of thiophene rings is 1. The van der Waals surface area contributed by atoms with Crippen molar-refractivity contribution in [3.05, 3.63) is 194 Å². The fourth-order valence-corrected chi connectivity index (χ4v) is 10.7. The third-order valence-electron chi connectivity index (χ3n) is 12.2. The monoisotopic (exact) mass is 780 g/mol. The Bertz CT molecular complexity index is 3700. The van der Waals surface area contributed by atoms with Gasteiger partial charge in [0.15, 0.2) is 17.5 Å². The molecule has 4 nitrogen and oxygen atoms in total. The largest absolute Gasteiger partial charge is 0.308 e. The van der Waals surface area contributed by atoms with Gasteiger partial charge in [0.05, 0.1) is 22.3 Å². The second kappa shape index (κ2) is 12.9. The quantitative estimate of drug-likeness (QED) is 0.175. The summed E-state index contributed by atoms with van der Waals surface area (Å²) in [6.07, 6.45) is 0. The minimum Gasteiger partial charge on any atom is -0.308 e. The molecule has 0 aliphatic heterocycles. The predicted octanol–water partition coefficient (Wildman–Crippen LogP) is 14.8. The maximum Gasteiger partial charge on any atom is 0.166 e. The molecular weight excluding hydrogens is 749 g/mol. The Morgan fingerprint density at radius 3 is 1.67 bits per heavy atom. The Morgan fingerprint density at radius 1 is 0.333 bits per heavy atom. The molecule has 0 unspecified atom stereocenters. The minimum absolute atomic E-state index is 0.632. The smallest absolute Gasteiger partial charge is 0.166 e. The van der Waals surface area contributed by atoms with E-state index in [0.717, 1.165) is 44.4 Å². The van der Waals surface area contributed by atoms with Gasteiger partial charge in [0.2, 0.25) is 0 Å². The molecule has 0 radical (unpaired) electrons. The van der Waals surface area contributed by atoms with Crippen LogP contribution in [0.15, 0.2) is 194 Å². The lowest BCUT2D eigenvalue weighted by atomic mass is 9.93. The van der Waals surface area contributed by atoms with Crippen LogP contribution in [0, 0.1) is 0 Å². The Morgan fingerprint density at radius 2 is 0.900 bits per heavy atom. The first-order chi connectivity index (χ1) is 29.8. The van der Waals surface area contributed by atoms with Crippen molar-refractivity contribution in [3.63, 3.8) is 0 Å². The molecule has 0 atom stereocenters. The van der Waals surface area contributed by atoms with E-state index in [1.54, 1.807) is 0 Å². The van der Waals surface area contributed by atoms with Crippen LogP contribution in [0.4, 0.5) is 0 Å². The summed E-state index contributed by atoms with van der Waals surface area (Å²) in [4.78, 5) is 16.1. The number of rotatable bonds is 5. The molecule has 1 aliphatic carbocycles. The standard InChI is InChI=1S/C55H32N4S/c1-3-13-33(14-4-1)34-25-27-37(28-26-34)54-56-53(36-15-5-2-6-16-36)57-55(58-54)52-45(31-32-47-50(52)42-20-9-10-24-46(42)60-47)59-43-23-12-22-41-39-19-8-7-18-38(39)40-21-11-17-35-29-30-44(59)51(48(35)40)49(41)43/h1-32H. The number of fused-ring (bicyclic) bond motifs is 6. The molecule has 13 rings (SSSR count). The predicted molar refractivity (Wildman–Crippen MR) is 251 cm³/mol. The first kappa shape index (κ1) is 33.3. The van der Waals surface area contributed by atoms with Crippen LogP contribution in [0.25, 0.3) is 126 Å². The van der Waals surface area contributed by atoms with Gasteiger partial charge in [-0.15, -0.1) is 11.3 Å². The van der Waals surface area contributed by atoms with Gasteiger partial charge in [-0.1, -0.05) is 164 Å². The van der Waals surface area contributed by atoms with Gasteiger partial charge in [0.25, 0.3) is 0 Å². The lowest BCUT2D eigenvalue weighted by Crippen LogP contribution is -2.04. The number of nitrogens with zero attached hydrogens (tertiary/aromatic N) is 4. The summed E-state index contributed by atoms with van der Waals surface area (Å²) in [5, 5.41) is 7.38. The molecule has 0 fully saturated rings. The lowest BCUT2D eigenvalue weighted by molar-refractivity contribution is 1.07. The zero-order valence-corrected chi connectivity index (χ0v) is 33.0. The molecule has 12 aromatic rings. The number of aromatic nitrogens is 4. The van der Waals surface area contributed by atoms with Crippen molar-refractivity contribution in [1.82, 2.24) is 19.5 Å². The molecule has 5 heteroatoms. The molecule has 0 saturated carbocycles. The highest BCUT2D eigenvalue weighted by Gasteiger charge is 2.28. The van der Waals surface area contributed by atoms with Gasteiger partial charge >= 0.3 is 0 Å². The zero-order valence-electron chi connectivity index (χ0n) is 32.2. The van der Waals surface area contributed by atoms with Gasteiger partial charge in [-0.05, 0) is 74.5 Å². The van der Waals surface area contributed by atoms with Crippen molar-refractivity contribution in [1.29, 1.82) is 0 Å². The van der Waals surface area contributed by atoms with E-state index in [1.807, 2.05) is 35.6 Å². The topological polar surface area (TPSA) is 43.6 Å². The van der Waals surface area contributed by atoms with Crippen LogP contribution in [-0.4, -0.2) is 19.5 Å². The van der Waals surface area contributed by atoms with Crippen LogP contribution < -0.4 is 0 Å². The average Bonchev–Trinajstić information content (AvgIpc) is 3.83. The van der Waals surface area contributed by atoms with Gasteiger partial charge in [-0.2, -0.15) is 0 Å². The molecule has 60 heavy (non-hydrogen) atoms. The third-order valence-corrected chi connectivity index (χ3v) is 13.3. The molecule has 3 aromatic heterocycles. The lowest BCUT2D eigenvalue weighted by Gasteiger charge is -2.17. The Balaban J connectivity index is 1.15. The SMILES string of the molecule is c1ccc(-c2ccc(-c3nc(-c4ccccc4)nc(-c4c(-n5c6cccc7c6c6c8c(cccc8ccc65)-c5ccccc5-7)ccc5sc6ccccc6c45)n3)cc2)cc1. The van der Waals surface area contributed by atoms with Gasteiger partial charge in [-0.3, -0.25) is 0 Å². The molecule has 278 valence electrons. The summed E-state index contributed by atoms with van der Waals surface area (Å²) >= 11 is 1.81. The minimum atomic E-state index is 0.632. The second-order valence-electron chi connectivity index (χ2n) is 15.5. The van der Waals surface area contributed by atoms with Crippen LogP contribution in [0.5, 0.6) is 0 Å². The molecular formula is C55H32N4S. The zero-order chi connectivity index (χ0) is 39.3. The average molecular weight is 781 g/mol. The number of hydrogen-bond acceptors (Lipinski definition) is 4. The van der Waals surface area contributed by atoms with E-state index in [2.05, 4.69) is 174 Å². The Labute approximate surface area is 349 Å². The molecule has 9 aromatic carbocycles. The van der Waals surface area contributed by atoms with E-state index in [-0.39, 0.29) is 0 Å². The maximum absolute atomic E-state index is 5.46. The van der Waals surface area contributed by atoms with Gasteiger partial charge in [0.1, 0.15) is 0 Å². The summed E-state index contributed by atoms with van der Waals surface area (Å²) in [5.74, 6) is 1.91. The highest BCUT2D eigenvalue weighted by molar-refractivity contribution is 7.26. The van der Waals surface area contributed by atoms with Crippen molar-refractivity contribution < 1.29 is 0 Å². The first-order valence-electron chi connectivity index (χ1n) is 20.3. The fraction of sp³-hybridized carbons (Fsp3) is 0.